The van der Waals surface area contributed by atoms with Gasteiger partial charge in [0.2, 0.25) is 10.0 Å². The maximum Gasteiger partial charge on any atom is 0.250 e. The third kappa shape index (κ3) is 4.26. The summed E-state index contributed by atoms with van der Waals surface area (Å²) in [7, 11) is -3.45. The highest BCUT2D eigenvalue weighted by atomic mass is 32.2. The van der Waals surface area contributed by atoms with Crippen LogP contribution in [0.4, 0.5) is 5.82 Å². The summed E-state index contributed by atoms with van der Waals surface area (Å²) in [6.45, 7) is 6.34. The molecule has 0 saturated heterocycles. The summed E-state index contributed by atoms with van der Waals surface area (Å²) in [6, 6.07) is 7.06. The van der Waals surface area contributed by atoms with Gasteiger partial charge in [-0.15, -0.1) is 11.3 Å². The van der Waals surface area contributed by atoms with Crippen molar-refractivity contribution in [2.45, 2.75) is 25.0 Å². The summed E-state index contributed by atoms with van der Waals surface area (Å²) in [5, 5.41) is 9.29. The van der Waals surface area contributed by atoms with Crippen LogP contribution in [0.5, 0.6) is 0 Å². The molecule has 10 heteroatoms. The monoisotopic (exact) mass is 392 g/mol. The first-order chi connectivity index (χ1) is 12.3. The van der Waals surface area contributed by atoms with Crippen LogP contribution in [0.25, 0.3) is 5.82 Å². The molecule has 0 aliphatic heterocycles. The van der Waals surface area contributed by atoms with Crippen LogP contribution in [0.2, 0.25) is 0 Å². The van der Waals surface area contributed by atoms with E-state index in [2.05, 4.69) is 25.1 Å². The smallest absolute Gasteiger partial charge is 0.250 e. The lowest BCUT2D eigenvalue weighted by molar-refractivity contribution is 0.585. The lowest BCUT2D eigenvalue weighted by Crippen LogP contribution is -2.28. The van der Waals surface area contributed by atoms with Gasteiger partial charge in [0.25, 0.3) is 0 Å². The molecule has 26 heavy (non-hydrogen) atoms. The lowest BCUT2D eigenvalue weighted by Gasteiger charge is -2.10. The summed E-state index contributed by atoms with van der Waals surface area (Å²) in [5.74, 6) is 1.90. The summed E-state index contributed by atoms with van der Waals surface area (Å²) < 4.78 is 28.8. The van der Waals surface area contributed by atoms with E-state index in [1.165, 1.54) is 11.3 Å². The number of sulfonamides is 1. The summed E-state index contributed by atoms with van der Waals surface area (Å²) in [6.07, 6.45) is 0. The number of hydrogen-bond acceptors (Lipinski definition) is 7. The van der Waals surface area contributed by atoms with Gasteiger partial charge >= 0.3 is 0 Å². The van der Waals surface area contributed by atoms with Gasteiger partial charge < -0.3 is 5.32 Å². The molecule has 3 aromatic heterocycles. The molecule has 0 amide bonds. The molecule has 3 heterocycles. The van der Waals surface area contributed by atoms with Crippen molar-refractivity contribution in [3.8, 4) is 5.82 Å². The second-order valence-corrected chi connectivity index (χ2v) is 8.70. The van der Waals surface area contributed by atoms with Crippen LogP contribution in [-0.2, 0) is 10.0 Å². The van der Waals surface area contributed by atoms with Crippen LogP contribution in [0.15, 0.2) is 33.9 Å². The molecular weight excluding hydrogens is 372 g/mol. The quantitative estimate of drug-likeness (QED) is 0.597. The fraction of sp³-hybridized carbons (Fsp3) is 0.312. The summed E-state index contributed by atoms with van der Waals surface area (Å²) in [5.41, 5.74) is 1.89. The van der Waals surface area contributed by atoms with Gasteiger partial charge in [0.1, 0.15) is 15.9 Å². The minimum atomic E-state index is -3.45. The molecule has 0 aromatic carbocycles. The van der Waals surface area contributed by atoms with Crippen molar-refractivity contribution in [3.63, 3.8) is 0 Å². The largest absolute Gasteiger partial charge is 0.369 e. The van der Waals surface area contributed by atoms with Gasteiger partial charge in [0.05, 0.1) is 5.69 Å². The number of rotatable bonds is 7. The molecule has 138 valence electrons. The number of aromatic nitrogens is 4. The molecule has 0 saturated carbocycles. The Morgan fingerprint density at radius 1 is 1.15 bits per heavy atom. The molecule has 0 aliphatic rings. The van der Waals surface area contributed by atoms with E-state index in [0.29, 0.717) is 28.2 Å². The second kappa shape index (κ2) is 7.52. The van der Waals surface area contributed by atoms with Gasteiger partial charge in [0, 0.05) is 24.8 Å². The van der Waals surface area contributed by atoms with Crippen LogP contribution in [-0.4, -0.2) is 41.3 Å². The number of anilines is 1. The van der Waals surface area contributed by atoms with Crippen molar-refractivity contribution in [1.82, 2.24) is 24.5 Å². The molecule has 8 nitrogen and oxygen atoms in total. The van der Waals surface area contributed by atoms with Gasteiger partial charge in [0.15, 0.2) is 5.82 Å². The third-order valence-electron chi connectivity index (χ3n) is 3.53. The van der Waals surface area contributed by atoms with E-state index in [9.17, 15) is 8.42 Å². The molecule has 0 radical (unpaired) electrons. The molecule has 0 spiro atoms. The Bertz CT molecular complexity index is 996. The highest BCUT2D eigenvalue weighted by molar-refractivity contribution is 7.91. The SMILES string of the molecule is Cc1cc(C)n(-c2cc(NCCNS(=O)(=O)c3cccs3)nc(C)n2)n1. The Kier molecular flexibility index (Phi) is 5.35. The van der Waals surface area contributed by atoms with E-state index in [-0.39, 0.29) is 6.54 Å². The molecule has 2 N–H and O–H groups in total. The van der Waals surface area contributed by atoms with Crippen LogP contribution in [0.3, 0.4) is 0 Å². The fourth-order valence-corrected chi connectivity index (χ4v) is 4.54. The van der Waals surface area contributed by atoms with E-state index in [4.69, 9.17) is 0 Å². The van der Waals surface area contributed by atoms with Crippen molar-refractivity contribution < 1.29 is 8.42 Å². The zero-order valence-corrected chi connectivity index (χ0v) is 16.4. The van der Waals surface area contributed by atoms with E-state index < -0.39 is 10.0 Å². The van der Waals surface area contributed by atoms with Crippen LogP contribution in [0, 0.1) is 20.8 Å². The first-order valence-electron chi connectivity index (χ1n) is 8.01. The van der Waals surface area contributed by atoms with Crippen molar-refractivity contribution in [2.75, 3.05) is 18.4 Å². The minimum absolute atomic E-state index is 0.249. The van der Waals surface area contributed by atoms with Crippen LogP contribution in [0.1, 0.15) is 17.2 Å². The van der Waals surface area contributed by atoms with Crippen LogP contribution < -0.4 is 10.0 Å². The zero-order valence-electron chi connectivity index (χ0n) is 14.7. The Morgan fingerprint density at radius 3 is 2.62 bits per heavy atom. The Hall–Kier alpha value is -2.30. The minimum Gasteiger partial charge on any atom is -0.369 e. The van der Waals surface area contributed by atoms with Gasteiger partial charge in [-0.1, -0.05) is 6.07 Å². The van der Waals surface area contributed by atoms with Gasteiger partial charge in [-0.05, 0) is 38.3 Å². The van der Waals surface area contributed by atoms with Crippen molar-refractivity contribution in [3.05, 3.63) is 46.9 Å². The molecule has 0 aliphatic carbocycles. The van der Waals surface area contributed by atoms with Gasteiger partial charge in [-0.2, -0.15) is 5.10 Å². The topological polar surface area (TPSA) is 102 Å². The maximum absolute atomic E-state index is 12.1. The predicted octanol–water partition coefficient (Wildman–Crippen LogP) is 2.04. The van der Waals surface area contributed by atoms with Crippen LogP contribution >= 0.6 is 11.3 Å². The number of hydrogen-bond donors (Lipinski definition) is 2. The number of aryl methyl sites for hydroxylation is 3. The molecule has 0 unspecified atom stereocenters. The summed E-state index contributed by atoms with van der Waals surface area (Å²) >= 11 is 1.19. The van der Waals surface area contributed by atoms with E-state index in [0.717, 1.165) is 11.4 Å². The number of thiophene rings is 1. The second-order valence-electron chi connectivity index (χ2n) is 5.75. The standard InChI is InChI=1S/C16H20N6O2S2/c1-11-9-12(2)22(21-11)15-10-14(19-13(3)20-15)17-6-7-18-26(23,24)16-5-4-8-25-16/h4-5,8-10,18H,6-7H2,1-3H3,(H,17,19,20). The molecule has 0 atom stereocenters. The predicted molar refractivity (Wildman–Crippen MR) is 101 cm³/mol. The summed E-state index contributed by atoms with van der Waals surface area (Å²) in [4.78, 5) is 8.76. The van der Waals surface area contributed by atoms with Crippen molar-refractivity contribution in [1.29, 1.82) is 0 Å². The molecule has 3 rings (SSSR count). The van der Waals surface area contributed by atoms with Gasteiger partial charge in [-0.25, -0.2) is 27.8 Å². The van der Waals surface area contributed by atoms with E-state index in [1.54, 1.807) is 35.2 Å². The van der Waals surface area contributed by atoms with Crippen molar-refractivity contribution >= 4 is 27.2 Å². The Morgan fingerprint density at radius 2 is 1.96 bits per heavy atom. The number of nitrogens with one attached hydrogen (secondary N) is 2. The highest BCUT2D eigenvalue weighted by Crippen LogP contribution is 2.15. The zero-order chi connectivity index (χ0) is 18.7. The fourth-order valence-electron chi connectivity index (χ4n) is 2.48. The molecule has 0 fully saturated rings. The molecule has 3 aromatic rings. The Balaban J connectivity index is 1.65. The van der Waals surface area contributed by atoms with E-state index >= 15 is 0 Å². The van der Waals surface area contributed by atoms with E-state index in [1.807, 2.05) is 19.9 Å². The Labute approximate surface area is 156 Å². The first-order valence-corrected chi connectivity index (χ1v) is 10.4. The average Bonchev–Trinajstić information content (AvgIpc) is 3.21. The molecule has 0 bridgehead atoms. The average molecular weight is 393 g/mol. The third-order valence-corrected chi connectivity index (χ3v) is 6.39. The number of nitrogens with zero attached hydrogens (tertiary/aromatic N) is 4. The normalized spacial score (nSPS) is 11.7. The molecular formula is C16H20N6O2S2. The highest BCUT2D eigenvalue weighted by Gasteiger charge is 2.14. The lowest BCUT2D eigenvalue weighted by atomic mass is 10.4. The maximum atomic E-state index is 12.1. The first kappa shape index (κ1) is 18.5. The van der Waals surface area contributed by atoms with Crippen molar-refractivity contribution in [2.24, 2.45) is 0 Å². The van der Waals surface area contributed by atoms with Gasteiger partial charge in [-0.3, -0.25) is 0 Å².